The van der Waals surface area contributed by atoms with Crippen LogP contribution in [0.2, 0.25) is 32.7 Å². The molecule has 0 aliphatic carbocycles. The van der Waals surface area contributed by atoms with Gasteiger partial charge in [-0.25, -0.2) is 0 Å². The van der Waals surface area contributed by atoms with Crippen LogP contribution in [0.15, 0.2) is 77.3 Å². The lowest BCUT2D eigenvalue weighted by atomic mass is 10.1. The number of hydrogen-bond acceptors (Lipinski definition) is 0. The van der Waals surface area contributed by atoms with Gasteiger partial charge in [-0.15, -0.1) is 5.73 Å². The Hall–Kier alpha value is -1.61. The van der Waals surface area contributed by atoms with Crippen molar-refractivity contribution in [2.75, 3.05) is 0 Å². The Kier molecular flexibility index (Phi) is 6.23. The number of allylic oxidation sites excluding steroid dienone is 1. The highest BCUT2D eigenvalue weighted by Crippen LogP contribution is 2.24. The van der Waals surface area contributed by atoms with Gasteiger partial charge in [-0.2, -0.15) is 0 Å². The number of hydrogen-bond donors (Lipinski definition) is 0. The Labute approximate surface area is 150 Å². The molecule has 0 saturated carbocycles. The van der Waals surface area contributed by atoms with Crippen molar-refractivity contribution in [1.82, 2.24) is 0 Å². The van der Waals surface area contributed by atoms with E-state index in [2.05, 4.69) is 105 Å². The van der Waals surface area contributed by atoms with Gasteiger partial charge in [-0.3, -0.25) is 0 Å². The van der Waals surface area contributed by atoms with Crippen LogP contribution in [0, 0.1) is 0 Å². The smallest absolute Gasteiger partial charge is 0.112 e. The van der Waals surface area contributed by atoms with Crippen LogP contribution in [0.25, 0.3) is 0 Å². The molecule has 0 spiro atoms. The Balaban J connectivity index is 2.26. The summed E-state index contributed by atoms with van der Waals surface area (Å²) in [5.41, 5.74) is 5.19. The van der Waals surface area contributed by atoms with Gasteiger partial charge in [0.1, 0.15) is 8.07 Å². The molecule has 0 nitrogen and oxygen atoms in total. The van der Waals surface area contributed by atoms with Crippen LogP contribution >= 0.6 is 0 Å². The van der Waals surface area contributed by atoms with E-state index in [1.54, 1.807) is 4.82 Å². The highest BCUT2D eigenvalue weighted by atomic mass is 28.4. The third-order valence-corrected chi connectivity index (χ3v) is 13.5. The molecule has 2 aromatic carbocycles. The fraction of sp³-hybridized carbons (Fsp3) is 0.318. The van der Waals surface area contributed by atoms with Gasteiger partial charge in [0, 0.05) is 0 Å². The molecule has 0 heterocycles. The highest BCUT2D eigenvalue weighted by Gasteiger charge is 2.36. The van der Waals surface area contributed by atoms with Crippen molar-refractivity contribution in [3.8, 4) is 0 Å². The quantitative estimate of drug-likeness (QED) is 0.461. The zero-order valence-electron chi connectivity index (χ0n) is 15.8. The highest BCUT2D eigenvalue weighted by molar-refractivity contribution is 7.10. The fourth-order valence-electron chi connectivity index (χ4n) is 3.39. The molecule has 126 valence electrons. The molecule has 0 aliphatic heterocycles. The van der Waals surface area contributed by atoms with Gasteiger partial charge >= 0.3 is 0 Å². The van der Waals surface area contributed by atoms with E-state index in [1.165, 1.54) is 10.8 Å². The molecule has 0 bridgehead atoms. The zero-order valence-corrected chi connectivity index (χ0v) is 17.8. The van der Waals surface area contributed by atoms with Gasteiger partial charge in [0.15, 0.2) is 0 Å². The lowest BCUT2D eigenvalue weighted by Gasteiger charge is -2.33. The first-order chi connectivity index (χ1) is 11.3. The van der Waals surface area contributed by atoms with Crippen molar-refractivity contribution in [2.24, 2.45) is 0 Å². The molecule has 0 N–H and O–H groups in total. The Morgan fingerprint density at radius 2 is 1.38 bits per heavy atom. The molecule has 0 aromatic heterocycles. The van der Waals surface area contributed by atoms with E-state index < -0.39 is 16.1 Å². The van der Waals surface area contributed by atoms with Crippen LogP contribution in [0.4, 0.5) is 0 Å². The topological polar surface area (TPSA) is 0 Å². The van der Waals surface area contributed by atoms with Crippen LogP contribution in [0.1, 0.15) is 12.0 Å². The molecule has 24 heavy (non-hydrogen) atoms. The molecule has 0 saturated heterocycles. The summed E-state index contributed by atoms with van der Waals surface area (Å²) in [5.74, 6) is 0. The van der Waals surface area contributed by atoms with Crippen molar-refractivity contribution in [3.05, 3.63) is 82.9 Å². The second-order valence-corrected chi connectivity index (χ2v) is 17.8. The summed E-state index contributed by atoms with van der Waals surface area (Å²) in [6, 6.07) is 21.8. The molecule has 2 aromatic rings. The van der Waals surface area contributed by atoms with E-state index >= 15 is 0 Å². The van der Waals surface area contributed by atoms with Crippen molar-refractivity contribution in [3.63, 3.8) is 0 Å². The average molecular weight is 351 g/mol. The number of benzene rings is 2. The minimum absolute atomic E-state index is 1.07. The van der Waals surface area contributed by atoms with Crippen LogP contribution in [-0.2, 0) is 6.42 Å². The summed E-state index contributed by atoms with van der Waals surface area (Å²) < 4.78 is 0. The second-order valence-electron chi connectivity index (χ2n) is 7.99. The van der Waals surface area contributed by atoms with Gasteiger partial charge in [0.25, 0.3) is 0 Å². The first-order valence-electron chi connectivity index (χ1n) is 8.87. The molecular weight excluding hydrogens is 320 g/mol. The molecule has 0 aliphatic rings. The molecule has 2 heteroatoms. The standard InChI is InChI=1S/C22H30Si2/c1-23(2,3)22(24(4,5)21-17-10-7-11-18-21)19-13-12-16-20-14-8-6-9-15-20/h6-11,13-15,17-18H,12,16H2,1-5H3. The Bertz CT molecular complexity index is 701. The lowest BCUT2D eigenvalue weighted by Crippen LogP contribution is -2.51. The number of aryl methyl sites for hydroxylation is 1. The summed E-state index contributed by atoms with van der Waals surface area (Å²) in [5, 5.41) is 1.52. The Morgan fingerprint density at radius 1 is 0.833 bits per heavy atom. The average Bonchev–Trinajstić information content (AvgIpc) is 2.55. The SMILES string of the molecule is C[Si](C)(C)C(=C=CCCc1ccccc1)[Si](C)(C)c1ccccc1. The maximum Gasteiger partial charge on any atom is 0.112 e. The second kappa shape index (κ2) is 7.98. The summed E-state index contributed by atoms with van der Waals surface area (Å²) in [4.78, 5) is 1.63. The fourth-order valence-corrected chi connectivity index (χ4v) is 13.6. The molecule has 0 atom stereocenters. The third-order valence-electron chi connectivity index (χ3n) is 4.54. The van der Waals surface area contributed by atoms with Crippen molar-refractivity contribution in [2.45, 2.75) is 45.6 Å². The lowest BCUT2D eigenvalue weighted by molar-refractivity contribution is 1.00. The summed E-state index contributed by atoms with van der Waals surface area (Å²) in [6.45, 7) is 12.3. The van der Waals surface area contributed by atoms with Crippen molar-refractivity contribution >= 4 is 21.3 Å². The monoisotopic (exact) mass is 350 g/mol. The van der Waals surface area contributed by atoms with E-state index in [0.29, 0.717) is 0 Å². The van der Waals surface area contributed by atoms with E-state index in [1.807, 2.05) is 0 Å². The van der Waals surface area contributed by atoms with Crippen molar-refractivity contribution < 1.29 is 0 Å². The molecule has 0 fully saturated rings. The molecule has 2 rings (SSSR count). The van der Waals surface area contributed by atoms with Crippen LogP contribution < -0.4 is 5.19 Å². The van der Waals surface area contributed by atoms with Gasteiger partial charge in [-0.1, -0.05) is 98.6 Å². The zero-order chi connectivity index (χ0) is 17.6. The maximum absolute atomic E-state index is 3.78. The van der Waals surface area contributed by atoms with E-state index in [-0.39, 0.29) is 0 Å². The normalized spacial score (nSPS) is 11.7. The molecule has 0 amide bonds. The minimum Gasteiger partial charge on any atom is -0.134 e. The summed E-state index contributed by atoms with van der Waals surface area (Å²) in [6.07, 6.45) is 4.45. The summed E-state index contributed by atoms with van der Waals surface area (Å²) >= 11 is 0. The van der Waals surface area contributed by atoms with Gasteiger partial charge < -0.3 is 0 Å². The van der Waals surface area contributed by atoms with Crippen LogP contribution in [-0.4, -0.2) is 16.1 Å². The Morgan fingerprint density at radius 3 is 1.92 bits per heavy atom. The van der Waals surface area contributed by atoms with Crippen LogP contribution in [0.5, 0.6) is 0 Å². The van der Waals surface area contributed by atoms with E-state index in [4.69, 9.17) is 0 Å². The third kappa shape index (κ3) is 4.94. The maximum atomic E-state index is 3.78. The first kappa shape index (κ1) is 18.7. The predicted octanol–water partition coefficient (Wildman–Crippen LogP) is 5.73. The molecule has 0 unspecified atom stereocenters. The van der Waals surface area contributed by atoms with E-state index in [9.17, 15) is 0 Å². The van der Waals surface area contributed by atoms with Gasteiger partial charge in [0.05, 0.1) is 8.07 Å². The van der Waals surface area contributed by atoms with Gasteiger partial charge in [0.2, 0.25) is 0 Å². The summed E-state index contributed by atoms with van der Waals surface area (Å²) in [7, 11) is -3.04. The molecule has 0 radical (unpaired) electrons. The molecular formula is C22H30Si2. The first-order valence-corrected chi connectivity index (χ1v) is 15.4. The van der Waals surface area contributed by atoms with E-state index in [0.717, 1.165) is 12.8 Å². The predicted molar refractivity (Wildman–Crippen MR) is 113 cm³/mol. The van der Waals surface area contributed by atoms with Gasteiger partial charge in [-0.05, 0) is 29.3 Å². The largest absolute Gasteiger partial charge is 0.134 e. The number of rotatable bonds is 6. The van der Waals surface area contributed by atoms with Crippen molar-refractivity contribution in [1.29, 1.82) is 0 Å². The van der Waals surface area contributed by atoms with Crippen LogP contribution in [0.3, 0.4) is 0 Å². The minimum atomic E-state index is -1.64.